The van der Waals surface area contributed by atoms with Crippen molar-refractivity contribution in [2.24, 2.45) is 0 Å². The van der Waals surface area contributed by atoms with Crippen LogP contribution in [0.5, 0.6) is 0 Å². The molecule has 21 heavy (non-hydrogen) atoms. The fourth-order valence-electron chi connectivity index (χ4n) is 2.06. The van der Waals surface area contributed by atoms with E-state index in [2.05, 4.69) is 27.6 Å². The van der Waals surface area contributed by atoms with Gasteiger partial charge in [0.05, 0.1) is 22.3 Å². The number of pyridine rings is 1. The van der Waals surface area contributed by atoms with Crippen LogP contribution in [0.2, 0.25) is 5.02 Å². The van der Waals surface area contributed by atoms with Crippen LogP contribution in [0.3, 0.4) is 0 Å². The van der Waals surface area contributed by atoms with E-state index in [1.807, 2.05) is 31.1 Å². The van der Waals surface area contributed by atoms with Gasteiger partial charge in [-0.05, 0) is 31.5 Å². The van der Waals surface area contributed by atoms with Crippen molar-refractivity contribution < 1.29 is 0 Å². The van der Waals surface area contributed by atoms with Gasteiger partial charge in [0.1, 0.15) is 5.82 Å². The third kappa shape index (κ3) is 4.66. The van der Waals surface area contributed by atoms with E-state index in [9.17, 15) is 0 Å². The molecule has 0 saturated heterocycles. The normalized spacial score (nSPS) is 10.9. The predicted octanol–water partition coefficient (Wildman–Crippen LogP) is 3.64. The summed E-state index contributed by atoms with van der Waals surface area (Å²) in [4.78, 5) is 11.0. The van der Waals surface area contributed by atoms with E-state index in [1.165, 1.54) is 0 Å². The number of nitrogens with one attached hydrogen (secondary N) is 1. The van der Waals surface area contributed by atoms with Crippen molar-refractivity contribution in [2.45, 2.75) is 33.4 Å². The Kier molecular flexibility index (Phi) is 5.96. The highest BCUT2D eigenvalue weighted by molar-refractivity contribution is 7.09. The van der Waals surface area contributed by atoms with Gasteiger partial charge in [0, 0.05) is 25.2 Å². The van der Waals surface area contributed by atoms with Gasteiger partial charge in [-0.2, -0.15) is 0 Å². The van der Waals surface area contributed by atoms with E-state index in [-0.39, 0.29) is 0 Å². The summed E-state index contributed by atoms with van der Waals surface area (Å²) < 4.78 is 0. The summed E-state index contributed by atoms with van der Waals surface area (Å²) in [5.74, 6) is 0.793. The van der Waals surface area contributed by atoms with E-state index in [0.717, 1.165) is 41.6 Å². The maximum Gasteiger partial charge on any atom is 0.147 e. The van der Waals surface area contributed by atoms with Gasteiger partial charge in [0.2, 0.25) is 0 Å². The Morgan fingerprint density at radius 2 is 2.24 bits per heavy atom. The van der Waals surface area contributed by atoms with E-state index >= 15 is 0 Å². The Labute approximate surface area is 135 Å². The first-order chi connectivity index (χ1) is 10.1. The van der Waals surface area contributed by atoms with E-state index in [1.54, 1.807) is 11.3 Å². The maximum absolute atomic E-state index is 6.36. The fourth-order valence-corrected chi connectivity index (χ4v) is 2.99. The third-order valence-corrected chi connectivity index (χ3v) is 4.16. The zero-order chi connectivity index (χ0) is 15.2. The van der Waals surface area contributed by atoms with E-state index in [4.69, 9.17) is 11.6 Å². The molecule has 0 radical (unpaired) electrons. The van der Waals surface area contributed by atoms with Crippen LogP contribution in [0, 0.1) is 6.92 Å². The minimum absolute atomic E-state index is 0.681. The summed E-state index contributed by atoms with van der Waals surface area (Å²) in [5.41, 5.74) is 2.15. The Morgan fingerprint density at radius 1 is 1.43 bits per heavy atom. The first kappa shape index (κ1) is 16.2. The highest BCUT2D eigenvalue weighted by atomic mass is 35.5. The Balaban J connectivity index is 2.02. The van der Waals surface area contributed by atoms with Crippen molar-refractivity contribution >= 4 is 28.8 Å². The molecule has 4 nitrogen and oxygen atoms in total. The summed E-state index contributed by atoms with van der Waals surface area (Å²) in [6.45, 7) is 6.68. The number of aromatic nitrogens is 2. The molecule has 2 heterocycles. The average Bonchev–Trinajstić information content (AvgIpc) is 2.84. The summed E-state index contributed by atoms with van der Waals surface area (Å²) in [6.07, 6.45) is 3.00. The van der Waals surface area contributed by atoms with E-state index < -0.39 is 0 Å². The number of halogens is 1. The first-order valence-electron chi connectivity index (χ1n) is 7.07. The molecule has 0 unspecified atom stereocenters. The maximum atomic E-state index is 6.36. The monoisotopic (exact) mass is 324 g/mol. The second-order valence-electron chi connectivity index (χ2n) is 5.04. The number of anilines is 1. The van der Waals surface area contributed by atoms with Crippen LogP contribution in [-0.2, 0) is 13.1 Å². The minimum Gasteiger partial charge on any atom is -0.353 e. The second-order valence-corrected chi connectivity index (χ2v) is 6.51. The molecule has 0 aliphatic carbocycles. The molecular weight excluding hydrogens is 304 g/mol. The Bertz CT molecular complexity index is 585. The van der Waals surface area contributed by atoms with Crippen molar-refractivity contribution in [2.75, 3.05) is 18.5 Å². The van der Waals surface area contributed by atoms with Crippen LogP contribution in [0.1, 0.15) is 29.6 Å². The van der Waals surface area contributed by atoms with Gasteiger partial charge >= 0.3 is 0 Å². The van der Waals surface area contributed by atoms with Gasteiger partial charge in [-0.15, -0.1) is 11.3 Å². The molecule has 0 amide bonds. The average molecular weight is 325 g/mol. The molecule has 1 N–H and O–H groups in total. The lowest BCUT2D eigenvalue weighted by atomic mass is 10.2. The largest absolute Gasteiger partial charge is 0.353 e. The summed E-state index contributed by atoms with van der Waals surface area (Å²) >= 11 is 8.02. The topological polar surface area (TPSA) is 41.1 Å². The first-order valence-corrected chi connectivity index (χ1v) is 8.33. The highest BCUT2D eigenvalue weighted by Crippen LogP contribution is 2.24. The van der Waals surface area contributed by atoms with Crippen molar-refractivity contribution in [1.29, 1.82) is 0 Å². The number of nitrogens with zero attached hydrogens (tertiary/aromatic N) is 3. The lowest BCUT2D eigenvalue weighted by Crippen LogP contribution is -2.19. The van der Waals surface area contributed by atoms with Crippen molar-refractivity contribution in [3.63, 3.8) is 0 Å². The molecule has 2 aromatic heterocycles. The van der Waals surface area contributed by atoms with Gasteiger partial charge in [0.25, 0.3) is 0 Å². The molecule has 0 fully saturated rings. The van der Waals surface area contributed by atoms with Gasteiger partial charge in [-0.25, -0.2) is 9.97 Å². The Morgan fingerprint density at radius 3 is 2.86 bits per heavy atom. The lowest BCUT2D eigenvalue weighted by Gasteiger charge is -2.18. The van der Waals surface area contributed by atoms with Gasteiger partial charge in [-0.1, -0.05) is 18.5 Å². The van der Waals surface area contributed by atoms with Gasteiger partial charge in [-0.3, -0.25) is 0 Å². The molecule has 0 saturated carbocycles. The Hall–Kier alpha value is -1.17. The van der Waals surface area contributed by atoms with Crippen molar-refractivity contribution in [3.05, 3.63) is 38.9 Å². The van der Waals surface area contributed by atoms with Gasteiger partial charge in [0.15, 0.2) is 0 Å². The second kappa shape index (κ2) is 7.73. The predicted molar refractivity (Wildman–Crippen MR) is 90.2 cm³/mol. The molecular formula is C15H21ClN4S. The summed E-state index contributed by atoms with van der Waals surface area (Å²) in [7, 11) is 1.98. The highest BCUT2D eigenvalue weighted by Gasteiger charge is 2.10. The minimum atomic E-state index is 0.681. The molecule has 0 bridgehead atoms. The van der Waals surface area contributed by atoms with E-state index in [0.29, 0.717) is 11.6 Å². The molecule has 0 aliphatic rings. The number of rotatable bonds is 7. The zero-order valence-corrected chi connectivity index (χ0v) is 14.3. The summed E-state index contributed by atoms with van der Waals surface area (Å²) in [6, 6.07) is 1.98. The molecule has 6 heteroatoms. The molecule has 0 atom stereocenters. The number of thiazole rings is 1. The quantitative estimate of drug-likeness (QED) is 0.789. The SMILES string of the molecule is CCCNCc1cnc(N(C)Cc2csc(C)n2)c(Cl)c1. The molecule has 2 rings (SSSR count). The van der Waals surface area contributed by atoms with Crippen LogP contribution in [-0.4, -0.2) is 23.6 Å². The third-order valence-electron chi connectivity index (χ3n) is 3.06. The molecule has 0 aromatic carbocycles. The van der Waals surface area contributed by atoms with Crippen LogP contribution in [0.25, 0.3) is 0 Å². The van der Waals surface area contributed by atoms with Crippen LogP contribution < -0.4 is 10.2 Å². The summed E-state index contributed by atoms with van der Waals surface area (Å²) in [5, 5.41) is 7.18. The number of aryl methyl sites for hydroxylation is 1. The number of hydrogen-bond donors (Lipinski definition) is 1. The smallest absolute Gasteiger partial charge is 0.147 e. The van der Waals surface area contributed by atoms with Gasteiger partial charge < -0.3 is 10.2 Å². The fraction of sp³-hybridized carbons (Fsp3) is 0.467. The molecule has 0 spiro atoms. The molecule has 114 valence electrons. The molecule has 2 aromatic rings. The van der Waals surface area contributed by atoms with Crippen molar-refractivity contribution in [1.82, 2.24) is 15.3 Å². The van der Waals surface area contributed by atoms with Crippen LogP contribution >= 0.6 is 22.9 Å². The zero-order valence-electron chi connectivity index (χ0n) is 12.7. The lowest BCUT2D eigenvalue weighted by molar-refractivity contribution is 0.673. The van der Waals surface area contributed by atoms with Crippen molar-refractivity contribution in [3.8, 4) is 0 Å². The van der Waals surface area contributed by atoms with Crippen LogP contribution in [0.4, 0.5) is 5.82 Å². The van der Waals surface area contributed by atoms with Crippen LogP contribution in [0.15, 0.2) is 17.6 Å². The standard InChI is InChI=1S/C15H21ClN4S/c1-4-5-17-7-12-6-14(16)15(18-8-12)20(3)9-13-10-21-11(2)19-13/h6,8,10,17H,4-5,7,9H2,1-3H3. The number of hydrogen-bond acceptors (Lipinski definition) is 5. The molecule has 0 aliphatic heterocycles.